The first kappa shape index (κ1) is 31.7. The van der Waals surface area contributed by atoms with Crippen LogP contribution in [0.25, 0.3) is 0 Å². The van der Waals surface area contributed by atoms with Gasteiger partial charge in [-0.05, 0) is 49.3 Å². The van der Waals surface area contributed by atoms with E-state index in [1.165, 1.54) is 18.5 Å². The smallest absolute Gasteiger partial charge is 0.383 e. The topological polar surface area (TPSA) is 138 Å². The number of halogens is 3. The van der Waals surface area contributed by atoms with E-state index in [-0.39, 0.29) is 34.7 Å². The summed E-state index contributed by atoms with van der Waals surface area (Å²) in [6.07, 6.45) is 2.36. The molecule has 0 saturated carbocycles. The number of likely N-dealkylation sites (tertiary alicyclic amines) is 1. The normalized spacial score (nSPS) is 15.2. The summed E-state index contributed by atoms with van der Waals surface area (Å²) in [4.78, 5) is 39.4. The molecule has 226 valence electrons. The first-order valence-corrected chi connectivity index (χ1v) is 14.9. The highest BCUT2D eigenvalue weighted by Crippen LogP contribution is 2.30. The molecule has 13 heteroatoms. The number of carbonyl (C=O) groups excluding carboxylic acids is 2. The highest BCUT2D eigenvalue weighted by molar-refractivity contribution is 7.98. The summed E-state index contributed by atoms with van der Waals surface area (Å²) in [7, 11) is 0. The second kappa shape index (κ2) is 13.8. The van der Waals surface area contributed by atoms with E-state index in [2.05, 4.69) is 26.8 Å². The molecule has 1 aliphatic heterocycles. The van der Waals surface area contributed by atoms with Gasteiger partial charge in [-0.25, -0.2) is 15.0 Å². The van der Waals surface area contributed by atoms with Gasteiger partial charge < -0.3 is 16.0 Å². The number of amides is 2. The van der Waals surface area contributed by atoms with Crippen molar-refractivity contribution in [1.82, 2.24) is 19.9 Å². The number of carbonyl (C=O) groups is 2. The van der Waals surface area contributed by atoms with E-state index in [0.29, 0.717) is 36.2 Å². The first-order valence-electron chi connectivity index (χ1n) is 13.6. The number of nitrogens with zero attached hydrogens (tertiary/aromatic N) is 4. The molecule has 3 heterocycles. The molecule has 2 amide bonds. The minimum atomic E-state index is -4.57. The monoisotopic (exact) mass is 611 g/mol. The standard InChI is InChI=1S/C30H32F3N7O2S/c1-18(21-4-3-12-40(16-21)25(41)10-13-43-2)14-23-26(28(35)38-17-37-23)27(34)19-5-7-20(8-6-19)29(42)39-24-15-22(9-11-36-24)30(31,32)33/h5-9,11,15,17,21,34H,1,3-4,10,12-14,16H2,2H3,(H2,35,37,38)(H,36,39,42). The molecule has 1 unspecified atom stereocenters. The van der Waals surface area contributed by atoms with Gasteiger partial charge in [-0.3, -0.25) is 15.0 Å². The number of nitrogens with two attached hydrogens (primary N) is 1. The molecule has 3 aromatic rings. The molecule has 1 saturated heterocycles. The van der Waals surface area contributed by atoms with Crippen LogP contribution in [0.15, 0.2) is 61.1 Å². The lowest BCUT2D eigenvalue weighted by molar-refractivity contribution is -0.137. The molecule has 0 radical (unpaired) electrons. The van der Waals surface area contributed by atoms with Gasteiger partial charge in [0.2, 0.25) is 5.91 Å². The fraction of sp³-hybridized carbons (Fsp3) is 0.333. The maximum absolute atomic E-state index is 13.0. The van der Waals surface area contributed by atoms with Gasteiger partial charge in [-0.2, -0.15) is 24.9 Å². The molecule has 0 aliphatic carbocycles. The van der Waals surface area contributed by atoms with Gasteiger partial charge in [0.15, 0.2) is 0 Å². The van der Waals surface area contributed by atoms with Crippen LogP contribution in [0.5, 0.6) is 0 Å². The Morgan fingerprint density at radius 3 is 2.58 bits per heavy atom. The van der Waals surface area contributed by atoms with Gasteiger partial charge in [0, 0.05) is 49.0 Å². The van der Waals surface area contributed by atoms with Crippen molar-refractivity contribution in [2.45, 2.75) is 31.9 Å². The number of anilines is 2. The zero-order chi connectivity index (χ0) is 31.1. The van der Waals surface area contributed by atoms with Crippen LogP contribution in [0.4, 0.5) is 24.8 Å². The zero-order valence-electron chi connectivity index (χ0n) is 23.6. The Labute approximate surface area is 251 Å². The van der Waals surface area contributed by atoms with Crippen molar-refractivity contribution >= 4 is 40.9 Å². The lowest BCUT2D eigenvalue weighted by Crippen LogP contribution is -2.40. The maximum atomic E-state index is 13.0. The Kier molecular flexibility index (Phi) is 10.2. The number of rotatable bonds is 10. The number of hydrogen-bond acceptors (Lipinski definition) is 8. The SMILES string of the molecule is C=C(Cc1ncnc(N)c1C(=N)c1ccc(C(=O)Nc2cc(C(F)(F)F)ccn2)cc1)C1CCCN(C(=O)CCSC)C1. The molecule has 1 aliphatic rings. The Bertz CT molecular complexity index is 1510. The highest BCUT2D eigenvalue weighted by atomic mass is 32.2. The number of aromatic nitrogens is 3. The second-order valence-corrected chi connectivity index (χ2v) is 11.2. The molecule has 9 nitrogen and oxygen atoms in total. The molecule has 1 atom stereocenters. The molecular formula is C30H32F3N7O2S. The lowest BCUT2D eigenvalue weighted by Gasteiger charge is -2.34. The summed E-state index contributed by atoms with van der Waals surface area (Å²) in [5, 5.41) is 11.2. The molecule has 0 spiro atoms. The van der Waals surface area contributed by atoms with Crippen molar-refractivity contribution in [2.24, 2.45) is 5.92 Å². The molecule has 0 bridgehead atoms. The van der Waals surface area contributed by atoms with Crippen LogP contribution >= 0.6 is 11.8 Å². The molecule has 43 heavy (non-hydrogen) atoms. The third-order valence-corrected chi connectivity index (χ3v) is 7.85. The van der Waals surface area contributed by atoms with E-state index < -0.39 is 17.6 Å². The predicted molar refractivity (Wildman–Crippen MR) is 161 cm³/mol. The summed E-state index contributed by atoms with van der Waals surface area (Å²) >= 11 is 1.64. The van der Waals surface area contributed by atoms with Crippen molar-refractivity contribution in [3.8, 4) is 0 Å². The van der Waals surface area contributed by atoms with Gasteiger partial charge >= 0.3 is 6.18 Å². The fourth-order valence-electron chi connectivity index (χ4n) is 4.88. The number of pyridine rings is 1. The van der Waals surface area contributed by atoms with E-state index in [4.69, 9.17) is 11.1 Å². The second-order valence-electron chi connectivity index (χ2n) is 10.2. The van der Waals surface area contributed by atoms with Crippen LogP contribution in [0, 0.1) is 11.3 Å². The van der Waals surface area contributed by atoms with Crippen molar-refractivity contribution in [3.63, 3.8) is 0 Å². The number of hydrogen-bond donors (Lipinski definition) is 3. The largest absolute Gasteiger partial charge is 0.416 e. The van der Waals surface area contributed by atoms with Crippen LogP contribution in [-0.2, 0) is 17.4 Å². The van der Waals surface area contributed by atoms with Crippen LogP contribution in [-0.4, -0.2) is 62.5 Å². The quantitative estimate of drug-likeness (QED) is 0.211. The molecular weight excluding hydrogens is 579 g/mol. The first-order chi connectivity index (χ1) is 20.5. The number of nitrogen functional groups attached to an aromatic ring is 1. The number of thioether (sulfide) groups is 1. The van der Waals surface area contributed by atoms with E-state index >= 15 is 0 Å². The summed E-state index contributed by atoms with van der Waals surface area (Å²) in [5.41, 5.74) is 7.69. The van der Waals surface area contributed by atoms with Crippen LogP contribution in [0.1, 0.15) is 52.0 Å². The molecule has 4 rings (SSSR count). The third kappa shape index (κ3) is 7.98. The Hall–Kier alpha value is -4.26. The number of piperidine rings is 1. The lowest BCUT2D eigenvalue weighted by atomic mass is 9.87. The maximum Gasteiger partial charge on any atom is 0.416 e. The number of alkyl halides is 3. The van der Waals surface area contributed by atoms with Crippen LogP contribution in [0.3, 0.4) is 0 Å². The van der Waals surface area contributed by atoms with Crippen LogP contribution < -0.4 is 11.1 Å². The van der Waals surface area contributed by atoms with E-state index in [9.17, 15) is 22.8 Å². The summed E-state index contributed by atoms with van der Waals surface area (Å²) < 4.78 is 39.0. The minimum absolute atomic E-state index is 0.0462. The molecule has 1 fully saturated rings. The zero-order valence-corrected chi connectivity index (χ0v) is 24.4. The molecule has 2 aromatic heterocycles. The third-order valence-electron chi connectivity index (χ3n) is 7.24. The average Bonchev–Trinajstić information content (AvgIpc) is 2.99. The fourth-order valence-corrected chi connectivity index (χ4v) is 5.26. The predicted octanol–water partition coefficient (Wildman–Crippen LogP) is 5.23. The summed E-state index contributed by atoms with van der Waals surface area (Å²) in [6.45, 7) is 5.62. The van der Waals surface area contributed by atoms with Crippen molar-refractivity contribution < 1.29 is 22.8 Å². The highest BCUT2D eigenvalue weighted by Gasteiger charge is 2.31. The Morgan fingerprint density at radius 1 is 1.16 bits per heavy atom. The van der Waals surface area contributed by atoms with E-state index in [0.717, 1.165) is 49.0 Å². The van der Waals surface area contributed by atoms with Gasteiger partial charge in [-0.1, -0.05) is 24.3 Å². The Morgan fingerprint density at radius 2 is 1.88 bits per heavy atom. The van der Waals surface area contributed by atoms with Crippen molar-refractivity contribution in [2.75, 3.05) is 36.1 Å². The number of nitrogens with one attached hydrogen (secondary N) is 2. The average molecular weight is 612 g/mol. The van der Waals surface area contributed by atoms with E-state index in [1.807, 2.05) is 11.2 Å². The molecule has 4 N–H and O–H groups in total. The Balaban J connectivity index is 1.46. The van der Waals surface area contributed by atoms with Crippen molar-refractivity contribution in [3.05, 3.63) is 89.0 Å². The van der Waals surface area contributed by atoms with Crippen LogP contribution in [0.2, 0.25) is 0 Å². The summed E-state index contributed by atoms with van der Waals surface area (Å²) in [5.74, 6) is 0.251. The van der Waals surface area contributed by atoms with Gasteiger partial charge in [0.25, 0.3) is 5.91 Å². The van der Waals surface area contributed by atoms with E-state index in [1.54, 1.807) is 23.9 Å². The van der Waals surface area contributed by atoms with Gasteiger partial charge in [0.05, 0.1) is 22.5 Å². The van der Waals surface area contributed by atoms with Gasteiger partial charge in [-0.15, -0.1) is 0 Å². The number of benzene rings is 1. The summed E-state index contributed by atoms with van der Waals surface area (Å²) in [6, 6.07) is 7.56. The minimum Gasteiger partial charge on any atom is -0.383 e. The molecule has 1 aromatic carbocycles. The van der Waals surface area contributed by atoms with Crippen molar-refractivity contribution in [1.29, 1.82) is 5.41 Å². The van der Waals surface area contributed by atoms with Gasteiger partial charge in [0.1, 0.15) is 18.0 Å².